The topological polar surface area (TPSA) is 60.7 Å². The third-order valence-electron chi connectivity index (χ3n) is 6.06. The van der Waals surface area contributed by atoms with Crippen molar-refractivity contribution in [3.63, 3.8) is 0 Å². The van der Waals surface area contributed by atoms with E-state index in [9.17, 15) is 15.3 Å². The molecule has 1 aromatic rings. The summed E-state index contributed by atoms with van der Waals surface area (Å²) in [7, 11) is 0. The smallest absolute Gasteiger partial charge is 0.160 e. The normalized spacial score (nSPS) is 14.5. The summed E-state index contributed by atoms with van der Waals surface area (Å²) in [5, 5.41) is 30.7. The summed E-state index contributed by atoms with van der Waals surface area (Å²) in [4.78, 5) is 0. The fraction of sp³-hybridized carbons (Fsp3) is 0.571. The third kappa shape index (κ3) is 10.2. The molecule has 0 aliphatic carbocycles. The van der Waals surface area contributed by atoms with E-state index in [1.165, 1.54) is 16.7 Å². The van der Waals surface area contributed by atoms with Crippen LogP contribution in [-0.4, -0.2) is 20.9 Å². The Morgan fingerprint density at radius 1 is 0.839 bits per heavy atom. The highest BCUT2D eigenvalue weighted by Crippen LogP contribution is 2.35. The van der Waals surface area contributed by atoms with Gasteiger partial charge in [-0.2, -0.15) is 0 Å². The van der Waals surface area contributed by atoms with Gasteiger partial charge in [-0.05, 0) is 117 Å². The van der Waals surface area contributed by atoms with E-state index in [1.54, 1.807) is 6.92 Å². The van der Waals surface area contributed by atoms with Gasteiger partial charge in [-0.1, -0.05) is 41.0 Å². The van der Waals surface area contributed by atoms with Gasteiger partial charge in [-0.3, -0.25) is 0 Å². The van der Waals surface area contributed by atoms with Gasteiger partial charge in [-0.25, -0.2) is 0 Å². The van der Waals surface area contributed by atoms with Crippen LogP contribution in [0.2, 0.25) is 0 Å². The zero-order chi connectivity index (χ0) is 23.6. The molecule has 0 heterocycles. The molecule has 1 rings (SSSR count). The number of rotatable bonds is 12. The van der Waals surface area contributed by atoms with E-state index in [1.807, 2.05) is 19.9 Å². The van der Waals surface area contributed by atoms with Gasteiger partial charge >= 0.3 is 0 Å². The average Bonchev–Trinajstić information content (AvgIpc) is 2.67. The maximum absolute atomic E-state index is 10.8. The molecular formula is C28H44O3. The molecule has 1 atom stereocenters. The molecule has 3 heteroatoms. The van der Waals surface area contributed by atoms with Crippen molar-refractivity contribution < 1.29 is 15.3 Å². The Morgan fingerprint density at radius 2 is 1.39 bits per heavy atom. The molecule has 0 bridgehead atoms. The van der Waals surface area contributed by atoms with Crippen molar-refractivity contribution in [1.29, 1.82) is 0 Å². The van der Waals surface area contributed by atoms with Crippen molar-refractivity contribution in [2.75, 3.05) is 0 Å². The average molecular weight is 429 g/mol. The maximum atomic E-state index is 10.8. The molecule has 0 saturated heterocycles. The minimum Gasteiger partial charge on any atom is -0.504 e. The Hall–Kier alpha value is -2.00. The molecule has 31 heavy (non-hydrogen) atoms. The number of hydrogen-bond donors (Lipinski definition) is 3. The van der Waals surface area contributed by atoms with Crippen LogP contribution in [0.5, 0.6) is 11.5 Å². The molecule has 0 fully saturated rings. The van der Waals surface area contributed by atoms with E-state index in [0.29, 0.717) is 30.4 Å². The van der Waals surface area contributed by atoms with Crippen LogP contribution in [0.15, 0.2) is 41.0 Å². The van der Waals surface area contributed by atoms with Crippen LogP contribution >= 0.6 is 0 Å². The van der Waals surface area contributed by atoms with Gasteiger partial charge in [0.05, 0.1) is 5.60 Å². The highest BCUT2D eigenvalue weighted by Gasteiger charge is 2.21. The zero-order valence-corrected chi connectivity index (χ0v) is 20.8. The van der Waals surface area contributed by atoms with E-state index in [4.69, 9.17) is 0 Å². The number of aromatic hydroxyl groups is 2. The number of aliphatic hydroxyl groups is 1. The fourth-order valence-electron chi connectivity index (χ4n) is 3.71. The predicted molar refractivity (Wildman–Crippen MR) is 133 cm³/mol. The van der Waals surface area contributed by atoms with Crippen molar-refractivity contribution in [1.82, 2.24) is 0 Å². The van der Waals surface area contributed by atoms with Crippen LogP contribution in [0.3, 0.4) is 0 Å². The number of allylic oxidation sites excluding steroid dienone is 6. The molecule has 0 amide bonds. The summed E-state index contributed by atoms with van der Waals surface area (Å²) >= 11 is 0. The van der Waals surface area contributed by atoms with E-state index in [-0.39, 0.29) is 11.5 Å². The lowest BCUT2D eigenvalue weighted by atomic mass is 9.89. The van der Waals surface area contributed by atoms with Gasteiger partial charge in [-0.15, -0.1) is 0 Å². The lowest BCUT2D eigenvalue weighted by Crippen LogP contribution is -2.24. The summed E-state index contributed by atoms with van der Waals surface area (Å²) in [5.41, 5.74) is 5.79. The summed E-state index contributed by atoms with van der Waals surface area (Å²) in [5.74, 6) is -0.0963. The van der Waals surface area contributed by atoms with Gasteiger partial charge in [0.1, 0.15) is 0 Å². The van der Waals surface area contributed by atoms with Crippen LogP contribution in [0.1, 0.15) is 96.3 Å². The molecule has 0 saturated carbocycles. The van der Waals surface area contributed by atoms with Gasteiger partial charge in [0.15, 0.2) is 11.5 Å². The van der Waals surface area contributed by atoms with E-state index in [2.05, 4.69) is 45.9 Å². The SMILES string of the molecule is CC(C)=CCC/C(C)=C/CC/C(C)=C/CCC(C)(O)CCc1cc(C)c(O)c(O)c1C. The molecule has 3 nitrogen and oxygen atoms in total. The van der Waals surface area contributed by atoms with Gasteiger partial charge in [0, 0.05) is 0 Å². The molecular weight excluding hydrogens is 384 g/mol. The molecule has 3 N–H and O–H groups in total. The summed E-state index contributed by atoms with van der Waals surface area (Å²) in [6.07, 6.45) is 14.2. The maximum Gasteiger partial charge on any atom is 0.160 e. The van der Waals surface area contributed by atoms with Crippen LogP contribution in [-0.2, 0) is 6.42 Å². The Balaban J connectivity index is 2.46. The first kappa shape index (κ1) is 27.0. The first-order valence-electron chi connectivity index (χ1n) is 11.6. The van der Waals surface area contributed by atoms with Gasteiger partial charge < -0.3 is 15.3 Å². The Labute approximate surface area is 190 Å². The molecule has 1 aromatic carbocycles. The minimum atomic E-state index is -0.758. The van der Waals surface area contributed by atoms with Crippen molar-refractivity contribution in [3.05, 3.63) is 57.7 Å². The molecule has 0 aromatic heterocycles. The number of hydrogen-bond acceptors (Lipinski definition) is 3. The Bertz CT molecular complexity index is 806. The fourth-order valence-corrected chi connectivity index (χ4v) is 3.71. The quantitative estimate of drug-likeness (QED) is 0.237. The zero-order valence-electron chi connectivity index (χ0n) is 20.8. The third-order valence-corrected chi connectivity index (χ3v) is 6.06. The van der Waals surface area contributed by atoms with E-state index in [0.717, 1.165) is 37.7 Å². The first-order valence-corrected chi connectivity index (χ1v) is 11.6. The molecule has 0 aliphatic heterocycles. The minimum absolute atomic E-state index is 0.0468. The monoisotopic (exact) mass is 428 g/mol. The second-order valence-electron chi connectivity index (χ2n) is 9.67. The second-order valence-corrected chi connectivity index (χ2v) is 9.67. The summed E-state index contributed by atoms with van der Waals surface area (Å²) < 4.78 is 0. The van der Waals surface area contributed by atoms with E-state index >= 15 is 0 Å². The highest BCUT2D eigenvalue weighted by molar-refractivity contribution is 5.52. The van der Waals surface area contributed by atoms with Gasteiger partial charge in [0.25, 0.3) is 0 Å². The standard InChI is InChI=1S/C28H44O3/c1-20(2)11-8-12-21(3)13-9-14-22(4)15-10-17-28(7,31)18-16-25-19-23(5)26(29)27(30)24(25)6/h11,13,15,19,29-31H,8-10,12,14,16-18H2,1-7H3/b21-13+,22-15+. The molecule has 0 spiro atoms. The van der Waals surface area contributed by atoms with Crippen LogP contribution in [0.4, 0.5) is 0 Å². The number of benzene rings is 1. The second kappa shape index (κ2) is 12.8. The number of aryl methyl sites for hydroxylation is 2. The van der Waals surface area contributed by atoms with Crippen LogP contribution < -0.4 is 0 Å². The lowest BCUT2D eigenvalue weighted by molar-refractivity contribution is 0.0432. The number of phenolic OH excluding ortho intramolecular Hbond substituents is 2. The molecule has 174 valence electrons. The predicted octanol–water partition coefficient (Wildman–Crippen LogP) is 7.60. The Kier molecular flexibility index (Phi) is 11.1. The molecule has 0 aliphatic rings. The summed E-state index contributed by atoms with van der Waals surface area (Å²) in [6.45, 7) is 14.1. The highest BCUT2D eigenvalue weighted by atomic mass is 16.3. The molecule has 0 radical (unpaired) electrons. The van der Waals surface area contributed by atoms with Crippen LogP contribution in [0.25, 0.3) is 0 Å². The Morgan fingerprint density at radius 3 is 1.97 bits per heavy atom. The van der Waals surface area contributed by atoms with Crippen LogP contribution in [0, 0.1) is 13.8 Å². The van der Waals surface area contributed by atoms with Crippen molar-refractivity contribution >= 4 is 0 Å². The van der Waals surface area contributed by atoms with E-state index < -0.39 is 5.60 Å². The van der Waals surface area contributed by atoms with Crippen molar-refractivity contribution in [2.45, 2.75) is 105 Å². The first-order chi connectivity index (χ1) is 14.4. The van der Waals surface area contributed by atoms with Crippen molar-refractivity contribution in [2.24, 2.45) is 0 Å². The van der Waals surface area contributed by atoms with Crippen molar-refractivity contribution in [3.8, 4) is 11.5 Å². The summed E-state index contributed by atoms with van der Waals surface area (Å²) in [6, 6.07) is 1.90. The lowest BCUT2D eigenvalue weighted by Gasteiger charge is -2.23. The van der Waals surface area contributed by atoms with Gasteiger partial charge in [0.2, 0.25) is 0 Å². The molecule has 1 unspecified atom stereocenters. The number of phenols is 2. The largest absolute Gasteiger partial charge is 0.504 e.